The Bertz CT molecular complexity index is 1190. The van der Waals surface area contributed by atoms with Crippen LogP contribution < -0.4 is 11.1 Å². The Morgan fingerprint density at radius 2 is 1.82 bits per heavy atom. The second kappa shape index (κ2) is 13.7. The number of esters is 1. The second-order valence-corrected chi connectivity index (χ2v) is 9.11. The highest BCUT2D eigenvalue weighted by molar-refractivity contribution is 6.03. The fourth-order valence-electron chi connectivity index (χ4n) is 3.71. The lowest BCUT2D eigenvalue weighted by Gasteiger charge is -2.34. The van der Waals surface area contributed by atoms with Crippen LogP contribution in [0.3, 0.4) is 0 Å². The number of Topliss-reactive ketones (excluding diaryl/α,β-unsaturated/α-hetero) is 1. The average molecular weight is 549 g/mol. The Morgan fingerprint density at radius 1 is 1.15 bits per heavy atom. The van der Waals surface area contributed by atoms with Gasteiger partial charge in [-0.2, -0.15) is 13.2 Å². The summed E-state index contributed by atoms with van der Waals surface area (Å²) in [6.45, 7) is 4.08. The topological polar surface area (TPSA) is 125 Å². The molecule has 0 saturated carbocycles. The van der Waals surface area contributed by atoms with E-state index in [4.69, 9.17) is 15.2 Å². The second-order valence-electron chi connectivity index (χ2n) is 9.11. The highest BCUT2D eigenvalue weighted by atomic mass is 19.4. The molecule has 0 fully saturated rings. The lowest BCUT2D eigenvalue weighted by Crippen LogP contribution is -2.53. The minimum absolute atomic E-state index is 0.0121. The molecule has 0 spiro atoms. The van der Waals surface area contributed by atoms with Crippen LogP contribution in [0.4, 0.5) is 13.2 Å². The van der Waals surface area contributed by atoms with Crippen LogP contribution in [0.1, 0.15) is 38.7 Å². The van der Waals surface area contributed by atoms with E-state index >= 15 is 0 Å². The van der Waals surface area contributed by atoms with Crippen molar-refractivity contribution in [2.24, 2.45) is 11.7 Å². The summed E-state index contributed by atoms with van der Waals surface area (Å²) < 4.78 is 52.7. The molecule has 210 valence electrons. The van der Waals surface area contributed by atoms with E-state index in [1.54, 1.807) is 6.08 Å². The van der Waals surface area contributed by atoms with E-state index in [1.807, 2.05) is 19.9 Å². The van der Waals surface area contributed by atoms with Gasteiger partial charge in [0.25, 0.3) is 5.60 Å². The first-order valence-electron chi connectivity index (χ1n) is 12.1. The summed E-state index contributed by atoms with van der Waals surface area (Å²) in [6.07, 6.45) is 1.74. The van der Waals surface area contributed by atoms with Crippen LogP contribution in [-0.2, 0) is 34.3 Å². The summed E-state index contributed by atoms with van der Waals surface area (Å²) in [6, 6.07) is 6.20. The lowest BCUT2D eigenvalue weighted by atomic mass is 9.91. The van der Waals surface area contributed by atoms with Gasteiger partial charge in [-0.3, -0.25) is 14.4 Å². The Kier molecular flexibility index (Phi) is 11.0. The zero-order chi connectivity index (χ0) is 29.2. The Morgan fingerprint density at radius 3 is 2.38 bits per heavy atom. The molecule has 39 heavy (non-hydrogen) atoms. The molecule has 0 radical (unpaired) electrons. The van der Waals surface area contributed by atoms with Gasteiger partial charge in [-0.15, -0.1) is 0 Å². The normalized spacial score (nSPS) is 18.8. The first-order chi connectivity index (χ1) is 18.3. The zero-order valence-corrected chi connectivity index (χ0v) is 21.8. The Labute approximate surface area is 224 Å². The predicted molar refractivity (Wildman–Crippen MR) is 137 cm³/mol. The number of nitrogens with two attached hydrogens (primary N) is 1. The van der Waals surface area contributed by atoms with Crippen molar-refractivity contribution in [1.82, 2.24) is 5.32 Å². The third kappa shape index (κ3) is 8.25. The summed E-state index contributed by atoms with van der Waals surface area (Å²) in [5.74, 6) is -3.46. The van der Waals surface area contributed by atoms with E-state index in [1.165, 1.54) is 36.4 Å². The molecule has 0 unspecified atom stereocenters. The van der Waals surface area contributed by atoms with Crippen molar-refractivity contribution in [1.29, 1.82) is 0 Å². The summed E-state index contributed by atoms with van der Waals surface area (Å²) in [7, 11) is 0.719. The lowest BCUT2D eigenvalue weighted by molar-refractivity contribution is -0.277. The first-order valence-corrected chi connectivity index (χ1v) is 12.1. The van der Waals surface area contributed by atoms with Gasteiger partial charge < -0.3 is 20.5 Å². The Hall–Kier alpha value is -3.99. The molecule has 1 aromatic rings. The van der Waals surface area contributed by atoms with Crippen LogP contribution in [0.15, 0.2) is 78.1 Å². The van der Waals surface area contributed by atoms with Crippen molar-refractivity contribution < 1.29 is 41.8 Å². The number of allylic oxidation sites excluding steroid dienone is 4. The maximum Gasteiger partial charge on any atom is 0.432 e. The average Bonchev–Trinajstić information content (AvgIpc) is 2.85. The summed E-state index contributed by atoms with van der Waals surface area (Å²) >= 11 is 0. The van der Waals surface area contributed by atoms with Crippen molar-refractivity contribution in [2.45, 2.75) is 51.0 Å². The standard InChI is InChI=1S/C28H31F3N2O6/c1-18(2)10-6-4-9-13-25(36)33-21-16-19(14-15-24(32)35)23(17-22(21)34)39-26(37)27(38-3,28(29,30)31)20-11-7-5-8-12-20/h4-9,11-14,16,18,23H,10,15,17H2,1-3H3,(H2,32,35)(H,33,36)/b6-4+,13-9+,19-14+/t23-,27+/m1/s1. The third-order valence-electron chi connectivity index (χ3n) is 5.68. The number of primary amides is 1. The molecule has 0 saturated heterocycles. The summed E-state index contributed by atoms with van der Waals surface area (Å²) in [4.78, 5) is 49.5. The smallest absolute Gasteiger partial charge is 0.432 e. The predicted octanol–water partition coefficient (Wildman–Crippen LogP) is 3.94. The number of nitrogens with one attached hydrogen (secondary N) is 1. The zero-order valence-electron chi connectivity index (χ0n) is 21.8. The van der Waals surface area contributed by atoms with Gasteiger partial charge in [0.1, 0.15) is 6.10 Å². The number of alkyl halides is 3. The number of benzene rings is 1. The third-order valence-corrected chi connectivity index (χ3v) is 5.68. The molecule has 0 aliphatic heterocycles. The molecule has 11 heteroatoms. The van der Waals surface area contributed by atoms with Gasteiger partial charge in [-0.25, -0.2) is 4.79 Å². The number of rotatable bonds is 11. The molecule has 1 aromatic carbocycles. The SMILES string of the molecule is CO[C@](C(=O)O[C@@H]1CC(=O)C(NC(=O)/C=C/C=C/CC(C)C)=C/C1=C\CC(N)=O)(c1ccccc1)C(F)(F)F. The van der Waals surface area contributed by atoms with E-state index in [0.29, 0.717) is 5.92 Å². The minimum Gasteiger partial charge on any atom is -0.454 e. The number of hydrogen-bond acceptors (Lipinski definition) is 6. The molecule has 0 heterocycles. The molecule has 8 nitrogen and oxygen atoms in total. The van der Waals surface area contributed by atoms with Crippen LogP contribution in [0.2, 0.25) is 0 Å². The number of ketones is 1. The van der Waals surface area contributed by atoms with Gasteiger partial charge >= 0.3 is 12.1 Å². The van der Waals surface area contributed by atoms with E-state index in [0.717, 1.165) is 31.7 Å². The van der Waals surface area contributed by atoms with Gasteiger partial charge in [0, 0.05) is 25.2 Å². The van der Waals surface area contributed by atoms with E-state index in [9.17, 15) is 32.3 Å². The highest BCUT2D eigenvalue weighted by Crippen LogP contribution is 2.43. The van der Waals surface area contributed by atoms with E-state index < -0.39 is 53.4 Å². The van der Waals surface area contributed by atoms with Crippen molar-refractivity contribution in [3.8, 4) is 0 Å². The van der Waals surface area contributed by atoms with Crippen LogP contribution in [-0.4, -0.2) is 43.0 Å². The van der Waals surface area contributed by atoms with Gasteiger partial charge in [-0.1, -0.05) is 68.5 Å². The summed E-state index contributed by atoms with van der Waals surface area (Å²) in [5.41, 5.74) is 1.02. The largest absolute Gasteiger partial charge is 0.454 e. The van der Waals surface area contributed by atoms with Gasteiger partial charge in [-0.05, 0) is 24.0 Å². The van der Waals surface area contributed by atoms with E-state index in [-0.39, 0.29) is 17.7 Å². The van der Waals surface area contributed by atoms with Crippen molar-refractivity contribution >= 4 is 23.6 Å². The van der Waals surface area contributed by atoms with Gasteiger partial charge in [0.15, 0.2) is 5.78 Å². The molecular weight excluding hydrogens is 517 g/mol. The van der Waals surface area contributed by atoms with Gasteiger partial charge in [0.05, 0.1) is 12.1 Å². The number of methoxy groups -OCH3 is 1. The number of ether oxygens (including phenoxy) is 2. The molecular formula is C28H31F3N2O6. The monoisotopic (exact) mass is 548 g/mol. The summed E-state index contributed by atoms with van der Waals surface area (Å²) in [5, 5.41) is 2.40. The van der Waals surface area contributed by atoms with E-state index in [2.05, 4.69) is 5.32 Å². The van der Waals surface area contributed by atoms with Crippen LogP contribution in [0.25, 0.3) is 0 Å². The number of halogens is 3. The quantitative estimate of drug-likeness (QED) is 0.245. The number of carbonyl (C=O) groups excluding carboxylic acids is 4. The molecule has 0 bridgehead atoms. The van der Waals surface area contributed by atoms with Gasteiger partial charge in [0.2, 0.25) is 11.8 Å². The molecule has 1 aliphatic rings. The fourth-order valence-corrected chi connectivity index (χ4v) is 3.71. The van der Waals surface area contributed by atoms with Crippen molar-refractivity contribution in [3.05, 3.63) is 83.6 Å². The maximum atomic E-state index is 14.2. The molecule has 1 aliphatic carbocycles. The first kappa shape index (κ1) is 31.2. The molecule has 2 rings (SSSR count). The molecule has 0 aromatic heterocycles. The number of hydrogen-bond donors (Lipinski definition) is 2. The molecule has 2 atom stereocenters. The highest BCUT2D eigenvalue weighted by Gasteiger charge is 2.64. The molecule has 2 amide bonds. The fraction of sp³-hybridized carbons (Fsp3) is 0.357. The number of amides is 2. The maximum absolute atomic E-state index is 14.2. The molecule has 3 N–H and O–H groups in total. The Balaban J connectivity index is 2.35. The number of carbonyl (C=O) groups is 4. The van der Waals surface area contributed by atoms with Crippen molar-refractivity contribution in [3.63, 3.8) is 0 Å². The van der Waals surface area contributed by atoms with Crippen LogP contribution >= 0.6 is 0 Å². The minimum atomic E-state index is -5.22. The van der Waals surface area contributed by atoms with Crippen LogP contribution in [0.5, 0.6) is 0 Å². The van der Waals surface area contributed by atoms with Crippen molar-refractivity contribution in [2.75, 3.05) is 7.11 Å². The van der Waals surface area contributed by atoms with Crippen LogP contribution in [0, 0.1) is 5.92 Å².